The van der Waals surface area contributed by atoms with Crippen LogP contribution in [-0.2, 0) is 21.8 Å². The van der Waals surface area contributed by atoms with Crippen LogP contribution in [0.4, 0.5) is 0 Å². The zero-order valence-corrected chi connectivity index (χ0v) is 12.5. The highest BCUT2D eigenvalue weighted by Gasteiger charge is 2.12. The van der Waals surface area contributed by atoms with E-state index in [9.17, 15) is 9.59 Å². The number of nitrogens with zero attached hydrogens (tertiary/aromatic N) is 2. The Labute approximate surface area is 120 Å². The number of rotatable bonds is 7. The molecule has 1 heterocycles. The van der Waals surface area contributed by atoms with E-state index in [2.05, 4.69) is 4.98 Å². The number of thiazole rings is 1. The summed E-state index contributed by atoms with van der Waals surface area (Å²) in [4.78, 5) is 27.9. The molecule has 6 nitrogen and oxygen atoms in total. The molecule has 0 aromatic carbocycles. The molecule has 0 radical (unpaired) electrons. The fourth-order valence-electron chi connectivity index (χ4n) is 1.15. The molecule has 8 heteroatoms. The van der Waals surface area contributed by atoms with Crippen LogP contribution < -0.4 is 5.73 Å². The minimum Gasteiger partial charge on any atom is -0.480 e. The van der Waals surface area contributed by atoms with E-state index in [1.54, 1.807) is 14.1 Å². The van der Waals surface area contributed by atoms with Crippen molar-refractivity contribution in [1.82, 2.24) is 9.88 Å². The van der Waals surface area contributed by atoms with Gasteiger partial charge < -0.3 is 15.7 Å². The second kappa shape index (κ2) is 7.46. The van der Waals surface area contributed by atoms with Gasteiger partial charge in [0.05, 0.1) is 12.1 Å². The second-order valence-electron chi connectivity index (χ2n) is 4.16. The Morgan fingerprint density at radius 2 is 2.26 bits per heavy atom. The third-order valence-corrected chi connectivity index (χ3v) is 4.26. The average Bonchev–Trinajstić information content (AvgIpc) is 2.76. The summed E-state index contributed by atoms with van der Waals surface area (Å²) in [6, 6.07) is -0.849. The van der Waals surface area contributed by atoms with Crippen molar-refractivity contribution in [3.8, 4) is 0 Å². The maximum absolute atomic E-state index is 11.5. The lowest BCUT2D eigenvalue weighted by molar-refractivity contribution is -0.138. The highest BCUT2D eigenvalue weighted by molar-refractivity contribution is 7.98. The van der Waals surface area contributed by atoms with E-state index in [1.807, 2.05) is 5.38 Å². The van der Waals surface area contributed by atoms with E-state index in [0.29, 0.717) is 17.9 Å². The summed E-state index contributed by atoms with van der Waals surface area (Å²) in [5, 5.41) is 11.3. The van der Waals surface area contributed by atoms with Crippen LogP contribution in [0.25, 0.3) is 0 Å². The average molecular weight is 303 g/mol. The van der Waals surface area contributed by atoms with Gasteiger partial charge in [-0.25, -0.2) is 4.98 Å². The van der Waals surface area contributed by atoms with Crippen molar-refractivity contribution < 1.29 is 14.7 Å². The molecule has 0 aliphatic carbocycles. The van der Waals surface area contributed by atoms with Gasteiger partial charge in [0.1, 0.15) is 11.0 Å². The van der Waals surface area contributed by atoms with Crippen LogP contribution in [0.3, 0.4) is 0 Å². The molecule has 3 N–H and O–H groups in total. The quantitative estimate of drug-likeness (QED) is 0.758. The van der Waals surface area contributed by atoms with E-state index < -0.39 is 12.0 Å². The van der Waals surface area contributed by atoms with Crippen molar-refractivity contribution >= 4 is 35.0 Å². The Hall–Kier alpha value is -1.12. The van der Waals surface area contributed by atoms with E-state index in [0.717, 1.165) is 10.7 Å². The normalized spacial score (nSPS) is 12.2. The van der Waals surface area contributed by atoms with E-state index in [-0.39, 0.29) is 5.91 Å². The fourth-order valence-corrected chi connectivity index (χ4v) is 2.91. The lowest BCUT2D eigenvalue weighted by atomic mass is 10.4. The maximum atomic E-state index is 11.5. The topological polar surface area (TPSA) is 96.5 Å². The first kappa shape index (κ1) is 15.9. The van der Waals surface area contributed by atoms with Crippen molar-refractivity contribution in [3.05, 3.63) is 16.1 Å². The standard InChI is InChI=1S/C11H17N3O3S2/c1-14(2)10(15)3-9-13-7(5-19-9)4-18-6-8(12)11(16)17/h5,8H,3-4,6,12H2,1-2H3,(H,16,17)/t8-/m1/s1. The Balaban J connectivity index is 2.39. The summed E-state index contributed by atoms with van der Waals surface area (Å²) < 4.78 is 0. The molecule has 19 heavy (non-hydrogen) atoms. The SMILES string of the molecule is CN(C)C(=O)Cc1nc(CSC[C@@H](N)C(=O)O)cs1. The van der Waals surface area contributed by atoms with E-state index in [1.165, 1.54) is 28.0 Å². The van der Waals surface area contributed by atoms with Crippen LogP contribution in [0.1, 0.15) is 10.7 Å². The number of nitrogens with two attached hydrogens (primary N) is 1. The molecule has 1 aromatic rings. The summed E-state index contributed by atoms with van der Waals surface area (Å²) in [5.41, 5.74) is 6.25. The Morgan fingerprint density at radius 3 is 2.84 bits per heavy atom. The van der Waals surface area contributed by atoms with Crippen LogP contribution in [0.15, 0.2) is 5.38 Å². The van der Waals surface area contributed by atoms with Gasteiger partial charge in [0.25, 0.3) is 0 Å². The van der Waals surface area contributed by atoms with Crippen LogP contribution in [0.2, 0.25) is 0 Å². The molecule has 1 rings (SSSR count). The molecule has 0 bridgehead atoms. The summed E-state index contributed by atoms with van der Waals surface area (Å²) in [6.07, 6.45) is 0.303. The highest BCUT2D eigenvalue weighted by Crippen LogP contribution is 2.17. The molecule has 0 saturated heterocycles. The molecule has 0 fully saturated rings. The number of carboxylic acids is 1. The molecule has 0 aliphatic heterocycles. The lowest BCUT2D eigenvalue weighted by Crippen LogP contribution is -2.32. The monoisotopic (exact) mass is 303 g/mol. The van der Waals surface area contributed by atoms with Crippen molar-refractivity contribution in [2.45, 2.75) is 18.2 Å². The van der Waals surface area contributed by atoms with Gasteiger partial charge in [-0.3, -0.25) is 9.59 Å². The number of carbonyl (C=O) groups excluding carboxylic acids is 1. The van der Waals surface area contributed by atoms with Crippen LogP contribution >= 0.6 is 23.1 Å². The van der Waals surface area contributed by atoms with E-state index >= 15 is 0 Å². The highest BCUT2D eigenvalue weighted by atomic mass is 32.2. The Bertz CT molecular complexity index is 448. The smallest absolute Gasteiger partial charge is 0.321 e. The first-order valence-electron chi connectivity index (χ1n) is 5.59. The molecule has 0 unspecified atom stereocenters. The first-order chi connectivity index (χ1) is 8.90. The summed E-state index contributed by atoms with van der Waals surface area (Å²) >= 11 is 2.87. The van der Waals surface area contributed by atoms with Gasteiger partial charge in [-0.15, -0.1) is 11.3 Å². The van der Waals surface area contributed by atoms with Gasteiger partial charge in [0.2, 0.25) is 5.91 Å². The molecular formula is C11H17N3O3S2. The number of carbonyl (C=O) groups is 2. The van der Waals surface area contributed by atoms with Crippen molar-refractivity contribution in [3.63, 3.8) is 0 Å². The summed E-state index contributed by atoms with van der Waals surface area (Å²) in [6.45, 7) is 0. The third-order valence-electron chi connectivity index (χ3n) is 2.27. The molecule has 1 atom stereocenters. The number of thioether (sulfide) groups is 1. The number of carboxylic acid groups (broad SMARTS) is 1. The largest absolute Gasteiger partial charge is 0.480 e. The number of aromatic nitrogens is 1. The van der Waals surface area contributed by atoms with Gasteiger partial charge in [0, 0.05) is 31.0 Å². The van der Waals surface area contributed by atoms with Crippen LogP contribution in [-0.4, -0.2) is 52.8 Å². The zero-order chi connectivity index (χ0) is 14.4. The number of amides is 1. The molecule has 0 spiro atoms. The predicted molar refractivity (Wildman–Crippen MR) is 76.3 cm³/mol. The first-order valence-corrected chi connectivity index (χ1v) is 7.63. The second-order valence-corrected chi connectivity index (χ2v) is 6.13. The van der Waals surface area contributed by atoms with Crippen LogP contribution in [0.5, 0.6) is 0 Å². The minimum atomic E-state index is -0.997. The van der Waals surface area contributed by atoms with Crippen LogP contribution in [0, 0.1) is 0 Å². The molecule has 0 saturated carbocycles. The van der Waals surface area contributed by atoms with Gasteiger partial charge in [-0.05, 0) is 0 Å². The van der Waals surface area contributed by atoms with Gasteiger partial charge in [0.15, 0.2) is 0 Å². The molecular weight excluding hydrogens is 286 g/mol. The van der Waals surface area contributed by atoms with Gasteiger partial charge >= 0.3 is 5.97 Å². The van der Waals surface area contributed by atoms with Gasteiger partial charge in [-0.2, -0.15) is 11.8 Å². The molecule has 106 valence electrons. The number of hydrogen-bond acceptors (Lipinski definition) is 6. The van der Waals surface area contributed by atoms with Crippen molar-refractivity contribution in [2.75, 3.05) is 19.8 Å². The number of aliphatic carboxylic acids is 1. The fraction of sp³-hybridized carbons (Fsp3) is 0.545. The lowest BCUT2D eigenvalue weighted by Gasteiger charge is -2.07. The summed E-state index contributed by atoms with van der Waals surface area (Å²) in [7, 11) is 3.42. The summed E-state index contributed by atoms with van der Waals surface area (Å²) in [5.74, 6) is -0.0311. The Morgan fingerprint density at radius 1 is 1.58 bits per heavy atom. The number of likely N-dealkylation sites (N-methyl/N-ethyl adjacent to an activating group) is 1. The minimum absolute atomic E-state index is 0.0152. The maximum Gasteiger partial charge on any atom is 0.321 e. The van der Waals surface area contributed by atoms with Gasteiger partial charge in [-0.1, -0.05) is 0 Å². The Kier molecular flexibility index (Phi) is 6.26. The van der Waals surface area contributed by atoms with Crippen molar-refractivity contribution in [2.24, 2.45) is 5.73 Å². The van der Waals surface area contributed by atoms with Crippen molar-refractivity contribution in [1.29, 1.82) is 0 Å². The zero-order valence-electron chi connectivity index (χ0n) is 10.8. The predicted octanol–water partition coefficient (Wildman–Crippen LogP) is 0.419. The molecule has 1 aromatic heterocycles. The van der Waals surface area contributed by atoms with E-state index in [4.69, 9.17) is 10.8 Å². The number of hydrogen-bond donors (Lipinski definition) is 2. The molecule has 1 amide bonds. The third kappa shape index (κ3) is 5.58. The molecule has 0 aliphatic rings.